The van der Waals surface area contributed by atoms with Crippen LogP contribution in [0.1, 0.15) is 37.3 Å². The van der Waals surface area contributed by atoms with E-state index in [-0.39, 0.29) is 10.6 Å². The van der Waals surface area contributed by atoms with Crippen LogP contribution in [0.25, 0.3) is 0 Å². The molecule has 41 heavy (non-hydrogen) atoms. The summed E-state index contributed by atoms with van der Waals surface area (Å²) in [4.78, 5) is 36.0. The average molecular weight is 622 g/mol. The average Bonchev–Trinajstić information content (AvgIpc) is 3.17. The van der Waals surface area contributed by atoms with Gasteiger partial charge < -0.3 is 20.5 Å². The molecule has 0 bridgehead atoms. The minimum absolute atomic E-state index is 0.0810. The molecule has 0 radical (unpaired) electrons. The Bertz CT molecular complexity index is 1410. The zero-order valence-corrected chi connectivity index (χ0v) is 22.8. The summed E-state index contributed by atoms with van der Waals surface area (Å²) in [6.45, 7) is 1.33. The van der Waals surface area contributed by atoms with Gasteiger partial charge in [-0.1, -0.05) is 41.4 Å². The number of amides is 1. The molecule has 15 heteroatoms. The van der Waals surface area contributed by atoms with E-state index in [1.54, 1.807) is 0 Å². The summed E-state index contributed by atoms with van der Waals surface area (Å²) >= 11 is 11.9. The highest BCUT2D eigenvalue weighted by Crippen LogP contribution is 2.52. The molecule has 2 aromatic carbocycles. The van der Waals surface area contributed by atoms with Crippen LogP contribution >= 0.6 is 23.2 Å². The van der Waals surface area contributed by atoms with Crippen LogP contribution in [0, 0.1) is 23.0 Å². The number of nitrogens with one attached hydrogen (secondary N) is 2. The number of alkyl halides is 3. The number of hydrogen-bond donors (Lipinski definition) is 3. The topological polar surface area (TPSA) is 129 Å². The van der Waals surface area contributed by atoms with E-state index in [0.717, 1.165) is 26.0 Å². The molecule has 1 saturated heterocycles. The van der Waals surface area contributed by atoms with Gasteiger partial charge in [0.15, 0.2) is 0 Å². The van der Waals surface area contributed by atoms with Gasteiger partial charge in [-0.05, 0) is 37.6 Å². The van der Waals surface area contributed by atoms with Crippen LogP contribution in [-0.2, 0) is 24.5 Å². The number of esters is 1. The second kappa shape index (κ2) is 11.8. The summed E-state index contributed by atoms with van der Waals surface area (Å²) < 4.78 is 74.7. The van der Waals surface area contributed by atoms with Crippen molar-refractivity contribution >= 4 is 41.0 Å². The molecule has 2 aromatic rings. The van der Waals surface area contributed by atoms with Crippen molar-refractivity contribution in [2.24, 2.45) is 0 Å². The number of nitrogens with zero attached hydrogens (tertiary/aromatic N) is 1. The molecule has 1 amide bonds. The number of carbonyl (C=O) groups is 3. The molecule has 1 fully saturated rings. The largest absolute Gasteiger partial charge is 0.490 e. The molecular weight excluding hydrogens is 600 g/mol. The third-order valence-electron chi connectivity index (χ3n) is 6.63. The molecule has 0 spiro atoms. The minimum Gasteiger partial charge on any atom is -0.480 e. The lowest BCUT2D eigenvalue weighted by molar-refractivity contribution is -0.212. The van der Waals surface area contributed by atoms with Gasteiger partial charge in [-0.15, -0.1) is 0 Å². The highest BCUT2D eigenvalue weighted by atomic mass is 35.5. The predicted molar refractivity (Wildman–Crippen MR) is 135 cm³/mol. The highest BCUT2D eigenvalue weighted by molar-refractivity contribution is 6.31. The third kappa shape index (κ3) is 6.55. The van der Waals surface area contributed by atoms with Crippen molar-refractivity contribution < 1.29 is 46.2 Å². The van der Waals surface area contributed by atoms with E-state index in [1.165, 1.54) is 24.3 Å². The number of carbonyl (C=O) groups excluding carboxylic acids is 2. The summed E-state index contributed by atoms with van der Waals surface area (Å²) in [5.41, 5.74) is -4.99. The van der Waals surface area contributed by atoms with Crippen molar-refractivity contribution in [3.63, 3.8) is 0 Å². The van der Waals surface area contributed by atoms with E-state index in [2.05, 4.69) is 15.4 Å². The van der Waals surface area contributed by atoms with Gasteiger partial charge in [0, 0.05) is 29.0 Å². The highest BCUT2D eigenvalue weighted by Gasteiger charge is 2.62. The Morgan fingerprint density at radius 3 is 2.39 bits per heavy atom. The molecule has 3 rings (SSSR count). The normalized spacial score (nSPS) is 22.6. The number of halogens is 7. The van der Waals surface area contributed by atoms with Crippen LogP contribution in [0.4, 0.5) is 22.0 Å². The molecule has 220 valence electrons. The first-order valence-corrected chi connectivity index (χ1v) is 12.6. The smallest absolute Gasteiger partial charge is 0.480 e. The van der Waals surface area contributed by atoms with Crippen molar-refractivity contribution in [2.45, 2.75) is 55.5 Å². The minimum atomic E-state index is -5.36. The predicted octanol–water partition coefficient (Wildman–Crippen LogP) is 4.63. The van der Waals surface area contributed by atoms with Crippen molar-refractivity contribution in [3.8, 4) is 6.07 Å². The van der Waals surface area contributed by atoms with E-state index in [1.807, 2.05) is 6.07 Å². The second-order valence-electron chi connectivity index (χ2n) is 9.89. The summed E-state index contributed by atoms with van der Waals surface area (Å²) in [7, 11) is 0. The maximum absolute atomic E-state index is 15.6. The fourth-order valence-electron chi connectivity index (χ4n) is 5.06. The first kappa shape index (κ1) is 32.0. The van der Waals surface area contributed by atoms with Crippen LogP contribution in [0.5, 0.6) is 0 Å². The zero-order chi connectivity index (χ0) is 30.9. The quantitative estimate of drug-likeness (QED) is 0.289. The number of carboxylic acid groups (broad SMARTS) is 1. The second-order valence-corrected chi connectivity index (χ2v) is 10.7. The van der Waals surface area contributed by atoms with Crippen molar-refractivity contribution in [1.29, 1.82) is 5.26 Å². The summed E-state index contributed by atoms with van der Waals surface area (Å²) in [6.07, 6.45) is -5.98. The van der Waals surface area contributed by atoms with Gasteiger partial charge in [-0.2, -0.15) is 18.4 Å². The fourth-order valence-corrected chi connectivity index (χ4v) is 5.40. The maximum Gasteiger partial charge on any atom is 0.490 e. The molecule has 4 unspecified atom stereocenters. The SMILES string of the molecule is CC(C)(CC1NC(C(=O)NCC(=O)O)C(c2cccc(Cl)c2F)C1(C#N)c1ccc(Cl)cc1F)OC(=O)C(F)(F)F. The number of hydrogen-bond acceptors (Lipinski definition) is 6. The van der Waals surface area contributed by atoms with Gasteiger partial charge in [0.1, 0.15) is 29.2 Å². The fraction of sp³-hybridized carbons (Fsp3) is 0.385. The number of nitriles is 1. The van der Waals surface area contributed by atoms with Gasteiger partial charge in [0.25, 0.3) is 0 Å². The van der Waals surface area contributed by atoms with Crippen molar-refractivity contribution in [2.75, 3.05) is 6.54 Å². The number of ether oxygens (including phenoxy) is 1. The Hall–Kier alpha value is -3.47. The molecule has 4 atom stereocenters. The van der Waals surface area contributed by atoms with Crippen LogP contribution in [0.2, 0.25) is 10.0 Å². The molecule has 1 heterocycles. The lowest BCUT2D eigenvalue weighted by atomic mass is 9.63. The van der Waals surface area contributed by atoms with E-state index >= 15 is 8.78 Å². The summed E-state index contributed by atoms with van der Waals surface area (Å²) in [6, 6.07) is 5.65. The van der Waals surface area contributed by atoms with E-state index < -0.39 is 88.2 Å². The van der Waals surface area contributed by atoms with Crippen molar-refractivity contribution in [1.82, 2.24) is 10.6 Å². The number of rotatable bonds is 8. The van der Waals surface area contributed by atoms with Gasteiger partial charge in [0.2, 0.25) is 5.91 Å². The van der Waals surface area contributed by atoms with Crippen LogP contribution in [0.3, 0.4) is 0 Å². The maximum atomic E-state index is 15.6. The molecule has 0 saturated carbocycles. The van der Waals surface area contributed by atoms with Gasteiger partial charge >= 0.3 is 18.1 Å². The monoisotopic (exact) mass is 621 g/mol. The molecule has 3 N–H and O–H groups in total. The Balaban J connectivity index is 2.30. The zero-order valence-electron chi connectivity index (χ0n) is 21.3. The first-order valence-electron chi connectivity index (χ1n) is 11.8. The van der Waals surface area contributed by atoms with Gasteiger partial charge in [0.05, 0.1) is 17.1 Å². The molecule has 1 aliphatic rings. The summed E-state index contributed by atoms with van der Waals surface area (Å²) in [5, 5.41) is 24.1. The van der Waals surface area contributed by atoms with Crippen LogP contribution < -0.4 is 10.6 Å². The Kier molecular flexibility index (Phi) is 9.22. The van der Waals surface area contributed by atoms with E-state index in [0.29, 0.717) is 0 Å². The molecule has 0 aliphatic carbocycles. The molecule has 0 aromatic heterocycles. The van der Waals surface area contributed by atoms with Crippen LogP contribution in [-0.4, -0.2) is 53.4 Å². The number of benzene rings is 2. The van der Waals surface area contributed by atoms with Crippen molar-refractivity contribution in [3.05, 3.63) is 69.2 Å². The Morgan fingerprint density at radius 2 is 1.83 bits per heavy atom. The van der Waals surface area contributed by atoms with Gasteiger partial charge in [-0.3, -0.25) is 9.59 Å². The lowest BCUT2D eigenvalue weighted by Crippen LogP contribution is -2.49. The third-order valence-corrected chi connectivity index (χ3v) is 7.15. The van der Waals surface area contributed by atoms with Crippen LogP contribution in [0.15, 0.2) is 36.4 Å². The molecule has 8 nitrogen and oxygen atoms in total. The Labute approximate surface area is 240 Å². The molecular formula is C26H22Cl2F5N3O5. The summed E-state index contributed by atoms with van der Waals surface area (Å²) in [5.74, 6) is -8.78. The van der Waals surface area contributed by atoms with E-state index in [4.69, 9.17) is 28.3 Å². The number of carboxylic acids is 1. The lowest BCUT2D eigenvalue weighted by Gasteiger charge is -2.38. The van der Waals surface area contributed by atoms with Gasteiger partial charge in [-0.25, -0.2) is 13.6 Å². The Morgan fingerprint density at radius 1 is 1.17 bits per heavy atom. The standard InChI is InChI=1S/C26H22Cl2F5N3O5/c1-24(2,41-23(40)26(31,32)33)9-17-25(11-34,14-7-6-12(27)8-16(14)29)19(13-4-3-5-15(28)20(13)30)21(36-17)22(39)35-10-18(37)38/h3-8,17,19,21,36H,9-10H2,1-2H3,(H,35,39)(H,37,38). The van der Waals surface area contributed by atoms with E-state index in [9.17, 15) is 32.8 Å². The number of aliphatic carboxylic acids is 1. The first-order chi connectivity index (χ1) is 18.9. The molecule has 1 aliphatic heterocycles.